The van der Waals surface area contributed by atoms with E-state index in [2.05, 4.69) is 171 Å². The van der Waals surface area contributed by atoms with E-state index in [1.807, 2.05) is 91.0 Å². The molecule has 10 rings (SSSR count). The van der Waals surface area contributed by atoms with E-state index in [0.29, 0.717) is 0 Å². The maximum atomic E-state index is 6.52. The normalized spacial score (nSPS) is 13.0. The Morgan fingerprint density at radius 1 is 0.319 bits per heavy atom. The van der Waals surface area contributed by atoms with Gasteiger partial charge in [0, 0.05) is 0 Å². The highest BCUT2D eigenvalue weighted by Gasteiger charge is 2.43. The average molecular weight is 1020 g/mol. The lowest BCUT2D eigenvalue weighted by atomic mass is 10.3. The second kappa shape index (κ2) is 26.5. The summed E-state index contributed by atoms with van der Waals surface area (Å²) in [6.45, 7) is 18.7. The molecule has 0 bridgehead atoms. The summed E-state index contributed by atoms with van der Waals surface area (Å²) in [6.07, 6.45) is 0. The Kier molecular flexibility index (Phi) is 19.7. The third-order valence-electron chi connectivity index (χ3n) is 15.1. The Hall–Kier alpha value is -6.17. The zero-order chi connectivity index (χ0) is 50.8. The van der Waals surface area contributed by atoms with Gasteiger partial charge in [-0.3, -0.25) is 0 Å². The van der Waals surface area contributed by atoms with Gasteiger partial charge in [0.2, 0.25) is 0 Å². The van der Waals surface area contributed by atoms with Crippen LogP contribution in [0.5, 0.6) is 46.0 Å². The van der Waals surface area contributed by atoms with Crippen LogP contribution in [0.4, 0.5) is 0 Å². The third kappa shape index (κ3) is 12.2. The smallest absolute Gasteiger partial charge is 0.127 e. The Labute approximate surface area is 437 Å². The highest BCUT2D eigenvalue weighted by atomic mass is 28.3. The topological polar surface area (TPSA) is 36.9 Å². The van der Waals surface area contributed by atoms with Crippen LogP contribution in [-0.2, 0) is 0 Å². The predicted molar refractivity (Wildman–Crippen MR) is 319 cm³/mol. The van der Waals surface area contributed by atoms with E-state index in [0.717, 1.165) is 40.2 Å². The maximum Gasteiger partial charge on any atom is 0.127 e. The van der Waals surface area contributed by atoms with Crippen LogP contribution >= 0.6 is 0 Å². The first-order valence-corrected chi connectivity index (χ1v) is 35.9. The standard InChI is InChI=1S/C20H28OSi2.C16H18OSi.C16H20OSi.C12H10O/c1-5-22(6-2)17-13-11-15-19-20(17)21-16-12-9-10-14-18(16)23(19,7-3)8-4;1-3-18(4-2)15-11-7-5-9-13(15)17-14-10-6-8-12-16(14)18;1-3-18(4-2)16-13-9-8-12-15(16)17-14-10-6-5-7-11-14;1-3-7-11(8-4-1)13-12-9-5-2-6-10-12/h9-15,22H,5-8H2,1-4H3;5-12H,3-4H2,1-2H3;5-13,18H,3-4H2,1-2H3;1-10H. The van der Waals surface area contributed by atoms with Gasteiger partial charge in [0.15, 0.2) is 0 Å². The minimum absolute atomic E-state index is 0.856. The molecule has 0 amide bonds. The van der Waals surface area contributed by atoms with Crippen LogP contribution in [0.15, 0.2) is 206 Å². The third-order valence-corrected chi connectivity index (χ3v) is 32.3. The van der Waals surface area contributed by atoms with E-state index < -0.39 is 33.7 Å². The molecule has 0 aromatic heterocycles. The van der Waals surface area contributed by atoms with Gasteiger partial charge in [-0.2, -0.15) is 0 Å². The molecule has 8 aromatic rings. The molecule has 0 saturated carbocycles. The number of benzene rings is 8. The second-order valence-corrected chi connectivity index (χ2v) is 35.3. The van der Waals surface area contributed by atoms with Gasteiger partial charge >= 0.3 is 0 Å². The number of hydrogen-bond acceptors (Lipinski definition) is 4. The summed E-state index contributed by atoms with van der Waals surface area (Å²) >= 11 is 0. The highest BCUT2D eigenvalue weighted by Crippen LogP contribution is 2.34. The van der Waals surface area contributed by atoms with Crippen LogP contribution in [-0.4, -0.2) is 33.7 Å². The molecular formula is C64H76O4Si4. The number of para-hydroxylation sites is 8. The van der Waals surface area contributed by atoms with Crippen molar-refractivity contribution in [1.82, 2.24) is 0 Å². The van der Waals surface area contributed by atoms with Crippen LogP contribution in [0.1, 0.15) is 55.4 Å². The van der Waals surface area contributed by atoms with Crippen molar-refractivity contribution >= 4 is 64.9 Å². The molecule has 0 atom stereocenters. The average Bonchev–Trinajstić information content (AvgIpc) is 3.44. The molecule has 0 radical (unpaired) electrons. The predicted octanol–water partition coefficient (Wildman–Crippen LogP) is 14.7. The molecule has 0 N–H and O–H groups in total. The van der Waals surface area contributed by atoms with E-state index in [1.54, 1.807) is 10.4 Å². The van der Waals surface area contributed by atoms with E-state index >= 15 is 0 Å². The molecule has 0 aliphatic carbocycles. The summed E-state index contributed by atoms with van der Waals surface area (Å²) in [5.74, 6) is 8.24. The molecular weight excluding hydrogens is 945 g/mol. The van der Waals surface area contributed by atoms with Crippen LogP contribution in [0.2, 0.25) is 48.4 Å². The first-order valence-electron chi connectivity index (χ1n) is 26.7. The molecule has 0 unspecified atom stereocenters. The molecule has 8 heteroatoms. The van der Waals surface area contributed by atoms with Crippen LogP contribution in [0, 0.1) is 0 Å². The van der Waals surface area contributed by atoms with Gasteiger partial charge in [-0.25, -0.2) is 0 Å². The fraction of sp³-hybridized carbons (Fsp3) is 0.250. The summed E-state index contributed by atoms with van der Waals surface area (Å²) in [5.41, 5.74) is 0. The summed E-state index contributed by atoms with van der Waals surface area (Å²) in [4.78, 5) is 0. The van der Waals surface area contributed by atoms with E-state index in [9.17, 15) is 0 Å². The zero-order valence-corrected chi connectivity index (χ0v) is 48.4. The molecule has 8 aromatic carbocycles. The number of rotatable bonds is 14. The molecule has 0 spiro atoms. The minimum Gasteiger partial charge on any atom is -0.458 e. The molecule has 372 valence electrons. The fourth-order valence-corrected chi connectivity index (χ4v) is 24.6. The van der Waals surface area contributed by atoms with Gasteiger partial charge in [0.1, 0.15) is 62.1 Å². The van der Waals surface area contributed by atoms with Crippen molar-refractivity contribution in [1.29, 1.82) is 0 Å². The van der Waals surface area contributed by atoms with Gasteiger partial charge in [0.05, 0.1) is 17.6 Å². The van der Waals surface area contributed by atoms with Gasteiger partial charge in [-0.05, 0) is 91.8 Å². The van der Waals surface area contributed by atoms with Crippen molar-refractivity contribution in [3.8, 4) is 46.0 Å². The summed E-state index contributed by atoms with van der Waals surface area (Å²) < 4.78 is 24.2. The molecule has 4 nitrogen and oxygen atoms in total. The maximum absolute atomic E-state index is 6.52. The molecule has 2 aliphatic heterocycles. The van der Waals surface area contributed by atoms with E-state index in [-0.39, 0.29) is 0 Å². The quantitative estimate of drug-likeness (QED) is 0.102. The van der Waals surface area contributed by atoms with Crippen molar-refractivity contribution in [3.05, 3.63) is 206 Å². The number of ether oxygens (including phenoxy) is 4. The Bertz CT molecular complexity index is 2780. The lowest BCUT2D eigenvalue weighted by Crippen LogP contribution is -2.61. The fourth-order valence-electron chi connectivity index (χ4n) is 10.9. The van der Waals surface area contributed by atoms with Crippen molar-refractivity contribution in [2.75, 3.05) is 0 Å². The Morgan fingerprint density at radius 2 is 0.653 bits per heavy atom. The molecule has 2 aliphatic rings. The highest BCUT2D eigenvalue weighted by molar-refractivity contribution is 7.04. The Balaban J connectivity index is 0.000000143. The largest absolute Gasteiger partial charge is 0.458 e. The lowest BCUT2D eigenvalue weighted by Gasteiger charge is -2.38. The monoisotopic (exact) mass is 1020 g/mol. The zero-order valence-electron chi connectivity index (χ0n) is 44.1. The molecule has 2 heterocycles. The van der Waals surface area contributed by atoms with Crippen molar-refractivity contribution in [2.45, 2.75) is 104 Å². The summed E-state index contributed by atoms with van der Waals surface area (Å²) in [6, 6.07) is 81.2. The van der Waals surface area contributed by atoms with E-state index in [1.165, 1.54) is 74.8 Å². The number of hydrogen-bond donors (Lipinski definition) is 0. The lowest BCUT2D eigenvalue weighted by molar-refractivity contribution is 0.482. The van der Waals surface area contributed by atoms with Gasteiger partial charge < -0.3 is 18.9 Å². The SMILES string of the molecule is CC[SiH](CC)c1cccc2c1Oc1ccccc1[Si]2(CC)CC.CC[SiH](CC)c1ccccc1Oc1ccccc1.CC[Si]1(CC)c2ccccc2Oc2ccccc21.c1ccc(Oc2ccccc2)cc1. The van der Waals surface area contributed by atoms with Crippen LogP contribution in [0.3, 0.4) is 0 Å². The van der Waals surface area contributed by atoms with Crippen molar-refractivity contribution in [3.63, 3.8) is 0 Å². The second-order valence-electron chi connectivity index (χ2n) is 18.7. The molecule has 72 heavy (non-hydrogen) atoms. The first-order chi connectivity index (χ1) is 35.3. The summed E-state index contributed by atoms with van der Waals surface area (Å²) in [7, 11) is -5.04. The summed E-state index contributed by atoms with van der Waals surface area (Å²) in [5, 5.41) is 8.99. The van der Waals surface area contributed by atoms with E-state index in [4.69, 9.17) is 18.9 Å². The molecule has 0 saturated heterocycles. The first kappa shape index (κ1) is 53.6. The molecule has 0 fully saturated rings. The van der Waals surface area contributed by atoms with Crippen LogP contribution < -0.4 is 50.1 Å². The van der Waals surface area contributed by atoms with Gasteiger partial charge in [-0.15, -0.1) is 0 Å². The van der Waals surface area contributed by atoms with Crippen LogP contribution in [0.25, 0.3) is 0 Å². The minimum atomic E-state index is -1.68. The van der Waals surface area contributed by atoms with Gasteiger partial charge in [-0.1, -0.05) is 249 Å². The van der Waals surface area contributed by atoms with Crippen molar-refractivity contribution in [2.24, 2.45) is 0 Å². The van der Waals surface area contributed by atoms with Crippen molar-refractivity contribution < 1.29 is 18.9 Å². The van der Waals surface area contributed by atoms with Gasteiger partial charge in [0.25, 0.3) is 0 Å². The Morgan fingerprint density at radius 3 is 1.10 bits per heavy atom. The number of fused-ring (bicyclic) bond motifs is 4.